The number of hydrogen-bond acceptors (Lipinski definition) is 9. The minimum atomic E-state index is 0.529. The number of likely N-dealkylation sites (tertiary alicyclic amines) is 1. The number of methoxy groups -OCH3 is 1. The molecule has 4 unspecified atom stereocenters. The minimum Gasteiger partial charge on any atom is -0.491 e. The number of piperidine rings is 1. The van der Waals surface area contributed by atoms with Gasteiger partial charge in [0, 0.05) is 87.0 Å². The zero-order valence-electron chi connectivity index (χ0n) is 26.3. The number of rotatable bonds is 10. The summed E-state index contributed by atoms with van der Waals surface area (Å²) in [6.45, 7) is 9.59. The standard InChI is InChI=1S/C35H43N7O3/c1-3-26-17-38-42-22-31(45-11-9-39-18-24-8-10-44-23-30(39)12-24)14-32(35(26)42)27-5-6-33(36-16-27)40-20-28-13-29(21-40)41(28)19-25-4-7-34(43-2)37-15-25/h4-7,14-17,22,24,28-30H,3,8-13,18-21,23H2,1-2H3. The molecular formula is C35H43N7O3. The van der Waals surface area contributed by atoms with Gasteiger partial charge in [0.25, 0.3) is 0 Å². The molecule has 5 fully saturated rings. The smallest absolute Gasteiger partial charge is 0.212 e. The fourth-order valence-corrected chi connectivity index (χ4v) is 7.91. The fraction of sp³-hybridized carbons (Fsp3) is 0.514. The molecule has 9 heterocycles. The van der Waals surface area contributed by atoms with Gasteiger partial charge in [-0.3, -0.25) is 9.80 Å². The SMILES string of the molecule is CCc1cnn2cc(OCCN3CC4CCOCC3C4)cc(-c3ccc(N4CC5CC(C4)N5Cc4ccc(OC)nc4)nc3)c12. The van der Waals surface area contributed by atoms with E-state index in [-0.39, 0.29) is 0 Å². The van der Waals surface area contributed by atoms with Gasteiger partial charge in [-0.15, -0.1) is 0 Å². The van der Waals surface area contributed by atoms with Gasteiger partial charge in [0.1, 0.15) is 18.2 Å². The molecule has 0 saturated carbocycles. The second-order valence-electron chi connectivity index (χ2n) is 13.1. The van der Waals surface area contributed by atoms with Crippen LogP contribution >= 0.6 is 0 Å². The second-order valence-corrected chi connectivity index (χ2v) is 13.1. The van der Waals surface area contributed by atoms with Crippen LogP contribution in [0.4, 0.5) is 5.82 Å². The fourth-order valence-electron chi connectivity index (χ4n) is 7.91. The Bertz CT molecular complexity index is 1610. The molecule has 0 aromatic carbocycles. The first-order valence-corrected chi connectivity index (χ1v) is 16.6. The van der Waals surface area contributed by atoms with Gasteiger partial charge in [-0.1, -0.05) is 13.0 Å². The van der Waals surface area contributed by atoms with Crippen LogP contribution in [0.1, 0.15) is 37.3 Å². The molecule has 5 aliphatic heterocycles. The van der Waals surface area contributed by atoms with E-state index in [1.807, 2.05) is 35.4 Å². The van der Waals surface area contributed by atoms with Gasteiger partial charge < -0.3 is 19.1 Å². The maximum atomic E-state index is 6.37. The molecule has 9 rings (SSSR count). The highest BCUT2D eigenvalue weighted by Crippen LogP contribution is 2.37. The Balaban J connectivity index is 0.950. The molecule has 4 bridgehead atoms. The molecular weight excluding hydrogens is 566 g/mol. The number of ether oxygens (including phenoxy) is 3. The Morgan fingerprint density at radius 3 is 2.67 bits per heavy atom. The number of piperazine rings is 1. The van der Waals surface area contributed by atoms with Crippen LogP contribution in [-0.2, 0) is 17.7 Å². The minimum absolute atomic E-state index is 0.529. The zero-order valence-corrected chi connectivity index (χ0v) is 26.3. The van der Waals surface area contributed by atoms with Crippen LogP contribution in [0.5, 0.6) is 11.6 Å². The lowest BCUT2D eigenvalue weighted by Gasteiger charge is -2.56. The Kier molecular flexibility index (Phi) is 7.80. The number of fused-ring (bicyclic) bond motifs is 5. The van der Waals surface area contributed by atoms with E-state index < -0.39 is 0 Å². The third kappa shape index (κ3) is 5.64. The largest absolute Gasteiger partial charge is 0.491 e. The first-order chi connectivity index (χ1) is 22.1. The van der Waals surface area contributed by atoms with E-state index in [1.165, 1.54) is 30.4 Å². The lowest BCUT2D eigenvalue weighted by Crippen LogP contribution is -2.68. The monoisotopic (exact) mass is 609 g/mol. The average Bonchev–Trinajstić information content (AvgIpc) is 3.59. The summed E-state index contributed by atoms with van der Waals surface area (Å²) in [6, 6.07) is 12.2. The molecule has 0 amide bonds. The van der Waals surface area contributed by atoms with E-state index in [0.29, 0.717) is 30.6 Å². The molecule has 0 aliphatic carbocycles. The van der Waals surface area contributed by atoms with E-state index >= 15 is 0 Å². The number of aryl methyl sites for hydroxylation is 1. The van der Waals surface area contributed by atoms with Gasteiger partial charge in [0.2, 0.25) is 5.88 Å². The molecule has 4 atom stereocenters. The molecule has 10 nitrogen and oxygen atoms in total. The Morgan fingerprint density at radius 2 is 1.89 bits per heavy atom. The van der Waals surface area contributed by atoms with Crippen molar-refractivity contribution in [3.8, 4) is 22.8 Å². The third-order valence-electron chi connectivity index (χ3n) is 10.4. The molecule has 10 heteroatoms. The lowest BCUT2D eigenvalue weighted by molar-refractivity contribution is -0.00876. The predicted octanol–water partition coefficient (Wildman–Crippen LogP) is 4.32. The molecule has 5 saturated heterocycles. The molecule has 45 heavy (non-hydrogen) atoms. The van der Waals surface area contributed by atoms with Gasteiger partial charge in [0.15, 0.2) is 0 Å². The summed E-state index contributed by atoms with van der Waals surface area (Å²) in [7, 11) is 1.65. The Hall–Kier alpha value is -3.73. The van der Waals surface area contributed by atoms with Crippen LogP contribution in [0.25, 0.3) is 16.6 Å². The summed E-state index contributed by atoms with van der Waals surface area (Å²) in [6.07, 6.45) is 12.5. The van der Waals surface area contributed by atoms with Crippen molar-refractivity contribution in [2.45, 2.75) is 57.3 Å². The average molecular weight is 610 g/mol. The van der Waals surface area contributed by atoms with Crippen molar-refractivity contribution in [1.29, 1.82) is 0 Å². The number of anilines is 1. The van der Waals surface area contributed by atoms with E-state index in [9.17, 15) is 0 Å². The van der Waals surface area contributed by atoms with Crippen LogP contribution in [0, 0.1) is 5.92 Å². The number of aromatic nitrogens is 4. The first kappa shape index (κ1) is 28.7. The van der Waals surface area contributed by atoms with Crippen LogP contribution in [-0.4, -0.2) is 101 Å². The highest BCUT2D eigenvalue weighted by atomic mass is 16.5. The van der Waals surface area contributed by atoms with Crippen LogP contribution in [0.15, 0.2) is 55.1 Å². The summed E-state index contributed by atoms with van der Waals surface area (Å²) >= 11 is 0. The summed E-state index contributed by atoms with van der Waals surface area (Å²) in [4.78, 5) is 17.0. The molecule has 4 aromatic heterocycles. The molecule has 236 valence electrons. The molecule has 0 radical (unpaired) electrons. The maximum Gasteiger partial charge on any atom is 0.212 e. The van der Waals surface area contributed by atoms with Gasteiger partial charge in [-0.2, -0.15) is 5.10 Å². The molecule has 0 N–H and O–H groups in total. The van der Waals surface area contributed by atoms with Crippen molar-refractivity contribution in [1.82, 2.24) is 29.4 Å². The van der Waals surface area contributed by atoms with E-state index in [0.717, 1.165) is 86.5 Å². The van der Waals surface area contributed by atoms with Crippen molar-refractivity contribution in [3.63, 3.8) is 0 Å². The molecule has 4 aromatic rings. The van der Waals surface area contributed by atoms with Crippen LogP contribution < -0.4 is 14.4 Å². The summed E-state index contributed by atoms with van der Waals surface area (Å²) in [5.74, 6) is 3.31. The Morgan fingerprint density at radius 1 is 0.978 bits per heavy atom. The van der Waals surface area contributed by atoms with Gasteiger partial charge in [-0.25, -0.2) is 14.5 Å². The topological polar surface area (TPSA) is 80.5 Å². The van der Waals surface area contributed by atoms with Crippen molar-refractivity contribution in [2.24, 2.45) is 5.92 Å². The van der Waals surface area contributed by atoms with Gasteiger partial charge in [-0.05, 0) is 60.9 Å². The van der Waals surface area contributed by atoms with Crippen molar-refractivity contribution in [3.05, 3.63) is 66.2 Å². The predicted molar refractivity (Wildman–Crippen MR) is 173 cm³/mol. The van der Waals surface area contributed by atoms with Crippen LogP contribution in [0.2, 0.25) is 0 Å². The van der Waals surface area contributed by atoms with Gasteiger partial charge in [0.05, 0.1) is 31.6 Å². The normalized spacial score (nSPS) is 24.9. The lowest BCUT2D eigenvalue weighted by atomic mass is 9.87. The van der Waals surface area contributed by atoms with Crippen LogP contribution in [0.3, 0.4) is 0 Å². The van der Waals surface area contributed by atoms with Crippen molar-refractivity contribution < 1.29 is 14.2 Å². The van der Waals surface area contributed by atoms with E-state index in [4.69, 9.17) is 24.3 Å². The highest BCUT2D eigenvalue weighted by Gasteiger charge is 2.44. The first-order valence-electron chi connectivity index (χ1n) is 16.6. The third-order valence-corrected chi connectivity index (χ3v) is 10.4. The van der Waals surface area contributed by atoms with E-state index in [2.05, 4.69) is 50.9 Å². The number of hydrogen-bond donors (Lipinski definition) is 0. The number of pyridine rings is 3. The van der Waals surface area contributed by atoms with Crippen molar-refractivity contribution in [2.75, 3.05) is 58.0 Å². The summed E-state index contributed by atoms with van der Waals surface area (Å²) in [5, 5.41) is 4.69. The zero-order chi connectivity index (χ0) is 30.3. The van der Waals surface area contributed by atoms with Gasteiger partial charge >= 0.3 is 0 Å². The molecule has 0 spiro atoms. The van der Waals surface area contributed by atoms with E-state index in [1.54, 1.807) is 7.11 Å². The maximum absolute atomic E-state index is 6.37. The highest BCUT2D eigenvalue weighted by molar-refractivity contribution is 5.83. The summed E-state index contributed by atoms with van der Waals surface area (Å²) in [5.41, 5.74) is 5.78. The molecule has 5 aliphatic rings. The quantitative estimate of drug-likeness (QED) is 0.261. The van der Waals surface area contributed by atoms with Crippen molar-refractivity contribution >= 4 is 11.3 Å². The summed E-state index contributed by atoms with van der Waals surface area (Å²) < 4.78 is 19.4. The Labute approximate surface area is 264 Å². The second kappa shape index (κ2) is 12.2. The number of nitrogens with zero attached hydrogens (tertiary/aromatic N) is 7.